The van der Waals surface area contributed by atoms with Gasteiger partial charge in [-0.1, -0.05) is 29.8 Å². The Labute approximate surface area is 153 Å². The van der Waals surface area contributed by atoms with Crippen LogP contribution in [0.1, 0.15) is 23.4 Å². The first kappa shape index (κ1) is 18.1. The van der Waals surface area contributed by atoms with Crippen LogP contribution in [0.5, 0.6) is 0 Å². The zero-order valence-electron chi connectivity index (χ0n) is 15.2. The van der Waals surface area contributed by atoms with Crippen molar-refractivity contribution < 1.29 is 9.53 Å². The molecular weight excluding hydrogens is 328 g/mol. The molecule has 0 aliphatic carbocycles. The van der Waals surface area contributed by atoms with Gasteiger partial charge in [0.2, 0.25) is 5.91 Å². The van der Waals surface area contributed by atoms with E-state index in [-0.39, 0.29) is 5.91 Å². The number of nitrogens with one attached hydrogen (secondary N) is 1. The Morgan fingerprint density at radius 1 is 1.23 bits per heavy atom. The molecular formula is C20H24N4O2. The Balaban J connectivity index is 1.61. The van der Waals surface area contributed by atoms with Crippen molar-refractivity contribution in [1.82, 2.24) is 19.9 Å². The molecule has 136 valence electrons. The second-order valence-electron chi connectivity index (χ2n) is 6.28. The van der Waals surface area contributed by atoms with E-state index in [1.807, 2.05) is 47.9 Å². The number of amides is 1. The number of hydrogen-bond donors (Lipinski definition) is 1. The summed E-state index contributed by atoms with van der Waals surface area (Å²) in [6, 6.07) is 12.0. The summed E-state index contributed by atoms with van der Waals surface area (Å²) in [7, 11) is 1.67. The van der Waals surface area contributed by atoms with Crippen LogP contribution in [0, 0.1) is 6.92 Å². The Hall–Kier alpha value is -2.73. The summed E-state index contributed by atoms with van der Waals surface area (Å²) in [6.45, 7) is 3.84. The van der Waals surface area contributed by atoms with Gasteiger partial charge in [-0.05, 0) is 24.6 Å². The topological polar surface area (TPSA) is 69.0 Å². The number of benzene rings is 1. The molecule has 1 amide bonds. The predicted octanol–water partition coefficient (Wildman–Crippen LogP) is 2.64. The maximum atomic E-state index is 12.2. The molecule has 0 aliphatic rings. The largest absolute Gasteiger partial charge is 0.383 e. The third kappa shape index (κ3) is 4.46. The summed E-state index contributed by atoms with van der Waals surface area (Å²) in [4.78, 5) is 21.2. The SMILES string of the molecule is COCCn1c(CCC(=O)NCc2ccc(C)cc2)nc2cccnc21. The van der Waals surface area contributed by atoms with E-state index in [0.29, 0.717) is 32.5 Å². The van der Waals surface area contributed by atoms with Crippen LogP contribution in [0.4, 0.5) is 0 Å². The van der Waals surface area contributed by atoms with Gasteiger partial charge in [-0.15, -0.1) is 0 Å². The van der Waals surface area contributed by atoms with Crippen LogP contribution in [-0.4, -0.2) is 34.2 Å². The number of aryl methyl sites for hydroxylation is 2. The molecule has 0 saturated heterocycles. The fourth-order valence-corrected chi connectivity index (χ4v) is 2.83. The number of methoxy groups -OCH3 is 1. The molecule has 0 spiro atoms. The molecule has 1 N–H and O–H groups in total. The highest BCUT2D eigenvalue weighted by atomic mass is 16.5. The Morgan fingerprint density at radius 3 is 2.81 bits per heavy atom. The first-order chi connectivity index (χ1) is 12.7. The first-order valence-electron chi connectivity index (χ1n) is 8.78. The molecule has 0 aliphatic heterocycles. The van der Waals surface area contributed by atoms with E-state index < -0.39 is 0 Å². The normalized spacial score (nSPS) is 11.0. The number of fused-ring (bicyclic) bond motifs is 1. The van der Waals surface area contributed by atoms with Gasteiger partial charge in [0.15, 0.2) is 5.65 Å². The minimum atomic E-state index is 0.0175. The maximum absolute atomic E-state index is 12.2. The van der Waals surface area contributed by atoms with Crippen LogP contribution >= 0.6 is 0 Å². The van der Waals surface area contributed by atoms with Crippen LogP contribution in [0.3, 0.4) is 0 Å². The van der Waals surface area contributed by atoms with Crippen LogP contribution in [0.25, 0.3) is 11.2 Å². The van der Waals surface area contributed by atoms with Gasteiger partial charge in [0.05, 0.1) is 6.61 Å². The molecule has 3 aromatic rings. The minimum absolute atomic E-state index is 0.0175. The summed E-state index contributed by atoms with van der Waals surface area (Å²) in [5.74, 6) is 0.880. The van der Waals surface area contributed by atoms with Gasteiger partial charge >= 0.3 is 0 Å². The number of carbonyl (C=O) groups is 1. The van der Waals surface area contributed by atoms with E-state index >= 15 is 0 Å². The van der Waals surface area contributed by atoms with Crippen molar-refractivity contribution in [3.63, 3.8) is 0 Å². The van der Waals surface area contributed by atoms with Gasteiger partial charge in [-0.25, -0.2) is 9.97 Å². The number of nitrogens with zero attached hydrogens (tertiary/aromatic N) is 3. The Kier molecular flexibility index (Phi) is 5.96. The molecule has 2 heterocycles. The fraction of sp³-hybridized carbons (Fsp3) is 0.350. The van der Waals surface area contributed by atoms with E-state index in [1.54, 1.807) is 13.3 Å². The van der Waals surface area contributed by atoms with Crippen molar-refractivity contribution >= 4 is 17.1 Å². The molecule has 1 aromatic carbocycles. The van der Waals surface area contributed by atoms with Crippen molar-refractivity contribution in [2.45, 2.75) is 32.9 Å². The van der Waals surface area contributed by atoms with Gasteiger partial charge in [0.1, 0.15) is 11.3 Å². The van der Waals surface area contributed by atoms with E-state index in [0.717, 1.165) is 22.6 Å². The maximum Gasteiger partial charge on any atom is 0.220 e. The lowest BCUT2D eigenvalue weighted by atomic mass is 10.1. The van der Waals surface area contributed by atoms with E-state index in [1.165, 1.54) is 5.56 Å². The molecule has 0 radical (unpaired) electrons. The lowest BCUT2D eigenvalue weighted by Gasteiger charge is -2.09. The van der Waals surface area contributed by atoms with Gasteiger partial charge < -0.3 is 14.6 Å². The number of carbonyl (C=O) groups excluding carboxylic acids is 1. The number of ether oxygens (including phenoxy) is 1. The molecule has 0 unspecified atom stereocenters. The average molecular weight is 352 g/mol. The highest BCUT2D eigenvalue weighted by molar-refractivity contribution is 5.76. The summed E-state index contributed by atoms with van der Waals surface area (Å²) in [5, 5.41) is 2.97. The van der Waals surface area contributed by atoms with Crippen molar-refractivity contribution in [1.29, 1.82) is 0 Å². The van der Waals surface area contributed by atoms with Crippen LogP contribution in [-0.2, 0) is 29.0 Å². The summed E-state index contributed by atoms with van der Waals surface area (Å²) in [6.07, 6.45) is 2.72. The lowest BCUT2D eigenvalue weighted by molar-refractivity contribution is -0.121. The van der Waals surface area contributed by atoms with Gasteiger partial charge in [-0.3, -0.25) is 4.79 Å². The van der Waals surface area contributed by atoms with E-state index in [2.05, 4.69) is 15.3 Å². The smallest absolute Gasteiger partial charge is 0.220 e. The Morgan fingerprint density at radius 2 is 2.04 bits per heavy atom. The second-order valence-corrected chi connectivity index (χ2v) is 6.28. The third-order valence-corrected chi connectivity index (χ3v) is 4.29. The van der Waals surface area contributed by atoms with Gasteiger partial charge in [0.25, 0.3) is 0 Å². The van der Waals surface area contributed by atoms with Crippen LogP contribution in [0.2, 0.25) is 0 Å². The number of pyridine rings is 1. The molecule has 26 heavy (non-hydrogen) atoms. The zero-order chi connectivity index (χ0) is 18.4. The molecule has 0 atom stereocenters. The zero-order valence-corrected chi connectivity index (χ0v) is 15.2. The monoisotopic (exact) mass is 352 g/mol. The highest BCUT2D eigenvalue weighted by Gasteiger charge is 2.13. The molecule has 3 rings (SSSR count). The van der Waals surface area contributed by atoms with E-state index in [9.17, 15) is 4.79 Å². The first-order valence-corrected chi connectivity index (χ1v) is 8.78. The summed E-state index contributed by atoms with van der Waals surface area (Å²) >= 11 is 0. The quantitative estimate of drug-likeness (QED) is 0.677. The number of imidazole rings is 1. The molecule has 0 bridgehead atoms. The van der Waals surface area contributed by atoms with Crippen molar-refractivity contribution in [2.75, 3.05) is 13.7 Å². The van der Waals surface area contributed by atoms with Crippen LogP contribution < -0.4 is 5.32 Å². The molecule has 0 fully saturated rings. The van der Waals surface area contributed by atoms with Crippen LogP contribution in [0.15, 0.2) is 42.6 Å². The number of rotatable bonds is 8. The van der Waals surface area contributed by atoms with Crippen molar-refractivity contribution in [2.24, 2.45) is 0 Å². The Bertz CT molecular complexity index is 871. The lowest BCUT2D eigenvalue weighted by Crippen LogP contribution is -2.23. The predicted molar refractivity (Wildman–Crippen MR) is 101 cm³/mol. The van der Waals surface area contributed by atoms with Crippen molar-refractivity contribution in [3.8, 4) is 0 Å². The second kappa shape index (κ2) is 8.58. The van der Waals surface area contributed by atoms with Gasteiger partial charge in [0, 0.05) is 39.2 Å². The molecule has 2 aromatic heterocycles. The summed E-state index contributed by atoms with van der Waals surface area (Å²) in [5.41, 5.74) is 3.99. The molecule has 0 saturated carbocycles. The third-order valence-electron chi connectivity index (χ3n) is 4.29. The fourth-order valence-electron chi connectivity index (χ4n) is 2.83. The minimum Gasteiger partial charge on any atom is -0.383 e. The average Bonchev–Trinajstić information content (AvgIpc) is 3.01. The number of aromatic nitrogens is 3. The summed E-state index contributed by atoms with van der Waals surface area (Å²) < 4.78 is 7.22. The van der Waals surface area contributed by atoms with E-state index in [4.69, 9.17) is 4.74 Å². The molecule has 6 nitrogen and oxygen atoms in total. The highest BCUT2D eigenvalue weighted by Crippen LogP contribution is 2.15. The van der Waals surface area contributed by atoms with Crippen molar-refractivity contribution in [3.05, 3.63) is 59.5 Å². The standard InChI is InChI=1S/C20H24N4O2/c1-15-5-7-16(8-6-15)14-22-19(25)10-9-18-23-17-4-3-11-21-20(17)24(18)12-13-26-2/h3-8,11H,9-10,12-14H2,1-2H3,(H,22,25). The van der Waals surface area contributed by atoms with Gasteiger partial charge in [-0.2, -0.15) is 0 Å². The number of hydrogen-bond acceptors (Lipinski definition) is 4. The molecule has 6 heteroatoms.